The first-order valence-corrected chi connectivity index (χ1v) is 5.27. The predicted molar refractivity (Wildman–Crippen MR) is 42.2 cm³/mol. The van der Waals surface area contributed by atoms with Gasteiger partial charge < -0.3 is 10.3 Å². The molecule has 1 aliphatic rings. The molecule has 0 aliphatic carbocycles. The highest BCUT2D eigenvalue weighted by Gasteiger charge is 2.28. The second kappa shape index (κ2) is 2.30. The largest absolute Gasteiger partial charge is 0.325 e. The van der Waals surface area contributed by atoms with Gasteiger partial charge in [-0.25, -0.2) is 13.4 Å². The van der Waals surface area contributed by atoms with Crippen LogP contribution in [0.4, 0.5) is 0 Å². The summed E-state index contributed by atoms with van der Waals surface area (Å²) in [5.41, 5.74) is 5.96. The number of aromatic nitrogens is 2. The van der Waals surface area contributed by atoms with Crippen LogP contribution in [0.3, 0.4) is 0 Å². The van der Waals surface area contributed by atoms with Gasteiger partial charge in [0.25, 0.3) is 0 Å². The number of rotatable bonds is 1. The van der Waals surface area contributed by atoms with Crippen LogP contribution in [0.2, 0.25) is 0 Å². The van der Waals surface area contributed by atoms with Crippen molar-refractivity contribution in [2.75, 3.05) is 5.75 Å². The van der Waals surface area contributed by atoms with Crippen molar-refractivity contribution >= 4 is 9.84 Å². The summed E-state index contributed by atoms with van der Waals surface area (Å²) in [7, 11) is -3.10. The highest BCUT2D eigenvalue weighted by molar-refractivity contribution is 7.91. The van der Waals surface area contributed by atoms with E-state index in [1.54, 1.807) is 10.8 Å². The van der Waals surface area contributed by atoms with Crippen molar-refractivity contribution in [2.45, 2.75) is 18.2 Å². The zero-order chi connectivity index (χ0) is 8.77. The highest BCUT2D eigenvalue weighted by Crippen LogP contribution is 2.18. The van der Waals surface area contributed by atoms with Gasteiger partial charge in [0.1, 0.15) is 0 Å². The number of hydrogen-bond donors (Lipinski definition) is 1. The predicted octanol–water partition coefficient (Wildman–Crippen LogP) is -0.871. The van der Waals surface area contributed by atoms with Crippen LogP contribution in [0.5, 0.6) is 0 Å². The van der Waals surface area contributed by atoms with Crippen molar-refractivity contribution in [1.29, 1.82) is 0 Å². The van der Waals surface area contributed by atoms with Crippen LogP contribution in [0, 0.1) is 0 Å². The van der Waals surface area contributed by atoms with E-state index in [4.69, 9.17) is 5.73 Å². The second-order valence-corrected chi connectivity index (χ2v) is 4.73. The summed E-state index contributed by atoms with van der Waals surface area (Å²) in [6.45, 7) is 0.792. The summed E-state index contributed by atoms with van der Waals surface area (Å²) in [4.78, 5) is 3.91. The van der Waals surface area contributed by atoms with Gasteiger partial charge in [0.2, 0.25) is 15.0 Å². The van der Waals surface area contributed by atoms with Crippen molar-refractivity contribution in [3.63, 3.8) is 0 Å². The van der Waals surface area contributed by atoms with Gasteiger partial charge in [0.05, 0.1) is 11.4 Å². The van der Waals surface area contributed by atoms with Crippen LogP contribution < -0.4 is 5.73 Å². The van der Waals surface area contributed by atoms with Crippen molar-refractivity contribution in [3.8, 4) is 0 Å². The van der Waals surface area contributed by atoms with Gasteiger partial charge in [-0.15, -0.1) is 0 Å². The second-order valence-electron chi connectivity index (χ2n) is 2.73. The van der Waals surface area contributed by atoms with E-state index in [0.717, 1.165) is 0 Å². The number of nitrogens with zero attached hydrogens (tertiary/aromatic N) is 2. The van der Waals surface area contributed by atoms with E-state index in [1.807, 2.05) is 0 Å². The smallest absolute Gasteiger partial charge is 0.228 e. The van der Waals surface area contributed by atoms with Crippen LogP contribution in [0.1, 0.15) is 5.69 Å². The van der Waals surface area contributed by atoms with Crippen molar-refractivity contribution in [1.82, 2.24) is 9.55 Å². The Kier molecular flexibility index (Phi) is 1.49. The third kappa shape index (κ3) is 0.953. The lowest BCUT2D eigenvalue weighted by atomic mass is 10.5. The third-order valence-electron chi connectivity index (χ3n) is 1.88. The van der Waals surface area contributed by atoms with Gasteiger partial charge in [-0.1, -0.05) is 0 Å². The first-order valence-electron chi connectivity index (χ1n) is 3.62. The molecule has 0 unspecified atom stereocenters. The Morgan fingerprint density at radius 2 is 2.42 bits per heavy atom. The van der Waals surface area contributed by atoms with E-state index in [2.05, 4.69) is 4.98 Å². The molecule has 2 N–H and O–H groups in total. The van der Waals surface area contributed by atoms with Crippen molar-refractivity contribution < 1.29 is 8.42 Å². The Balaban J connectivity index is 2.59. The minimum absolute atomic E-state index is 0.167. The topological polar surface area (TPSA) is 78.0 Å². The van der Waals surface area contributed by atoms with Gasteiger partial charge in [-0.2, -0.15) is 0 Å². The summed E-state index contributed by atoms with van der Waals surface area (Å²) in [5.74, 6) is 0.167. The molecule has 5 nitrogen and oxygen atoms in total. The van der Waals surface area contributed by atoms with Crippen LogP contribution in [-0.4, -0.2) is 23.7 Å². The van der Waals surface area contributed by atoms with E-state index < -0.39 is 9.84 Å². The summed E-state index contributed by atoms with van der Waals surface area (Å²) in [6, 6.07) is 0. The fraction of sp³-hybridized carbons (Fsp3) is 0.500. The van der Waals surface area contributed by atoms with E-state index in [9.17, 15) is 8.42 Å². The molecule has 1 aliphatic heterocycles. The van der Waals surface area contributed by atoms with Crippen LogP contribution >= 0.6 is 0 Å². The first kappa shape index (κ1) is 7.75. The van der Waals surface area contributed by atoms with Gasteiger partial charge in [0.15, 0.2) is 0 Å². The number of sulfone groups is 1. The molecule has 0 saturated carbocycles. The maximum absolute atomic E-state index is 11.3. The average molecular weight is 187 g/mol. The van der Waals surface area contributed by atoms with E-state index in [0.29, 0.717) is 12.2 Å². The van der Waals surface area contributed by atoms with E-state index in [-0.39, 0.29) is 17.5 Å². The zero-order valence-corrected chi connectivity index (χ0v) is 7.21. The molecule has 0 radical (unpaired) electrons. The monoisotopic (exact) mass is 187 g/mol. The number of hydrogen-bond acceptors (Lipinski definition) is 4. The summed E-state index contributed by atoms with van der Waals surface area (Å²) >= 11 is 0. The molecule has 0 bridgehead atoms. The zero-order valence-electron chi connectivity index (χ0n) is 6.40. The van der Waals surface area contributed by atoms with Gasteiger partial charge in [0, 0.05) is 19.3 Å². The van der Waals surface area contributed by atoms with Gasteiger partial charge >= 0.3 is 0 Å². The SMILES string of the molecule is NCc1cn2c(n1)S(=O)(=O)CC2. The number of imidazole rings is 1. The molecule has 0 fully saturated rings. The molecule has 0 atom stereocenters. The van der Waals surface area contributed by atoms with E-state index in [1.165, 1.54) is 0 Å². The molecule has 0 spiro atoms. The molecule has 0 aromatic carbocycles. The summed E-state index contributed by atoms with van der Waals surface area (Å²) in [6.07, 6.45) is 1.69. The van der Waals surface area contributed by atoms with Gasteiger partial charge in [-0.05, 0) is 0 Å². The molecule has 2 rings (SSSR count). The minimum Gasteiger partial charge on any atom is -0.325 e. The minimum atomic E-state index is -3.10. The maximum Gasteiger partial charge on any atom is 0.228 e. The number of nitrogens with two attached hydrogens (primary N) is 1. The summed E-state index contributed by atoms with van der Waals surface area (Å²) < 4.78 is 24.2. The van der Waals surface area contributed by atoms with Crippen molar-refractivity contribution in [3.05, 3.63) is 11.9 Å². The maximum atomic E-state index is 11.3. The first-order chi connectivity index (χ1) is 5.63. The molecule has 0 saturated heterocycles. The molecular formula is C6H9N3O2S. The molecule has 6 heteroatoms. The third-order valence-corrected chi connectivity index (χ3v) is 3.48. The quantitative estimate of drug-likeness (QED) is 0.620. The van der Waals surface area contributed by atoms with Crippen LogP contribution in [0.25, 0.3) is 0 Å². The van der Waals surface area contributed by atoms with Gasteiger partial charge in [-0.3, -0.25) is 0 Å². The molecule has 0 amide bonds. The highest BCUT2D eigenvalue weighted by atomic mass is 32.2. The van der Waals surface area contributed by atoms with E-state index >= 15 is 0 Å². The number of fused-ring (bicyclic) bond motifs is 1. The summed E-state index contributed by atoms with van der Waals surface area (Å²) in [5, 5.41) is 0.169. The molecule has 1 aromatic heterocycles. The lowest BCUT2D eigenvalue weighted by Gasteiger charge is -1.87. The molecule has 12 heavy (non-hydrogen) atoms. The Hall–Kier alpha value is -0.880. The lowest BCUT2D eigenvalue weighted by Crippen LogP contribution is -2.03. The van der Waals surface area contributed by atoms with Crippen LogP contribution in [-0.2, 0) is 22.9 Å². The number of aryl methyl sites for hydroxylation is 1. The molecule has 1 aromatic rings. The Morgan fingerprint density at radius 3 is 3.00 bits per heavy atom. The normalized spacial score (nSPS) is 19.4. The van der Waals surface area contributed by atoms with Crippen molar-refractivity contribution in [2.24, 2.45) is 5.73 Å². The Bertz CT molecular complexity index is 406. The fourth-order valence-electron chi connectivity index (χ4n) is 1.27. The molecule has 2 heterocycles. The molecular weight excluding hydrogens is 178 g/mol. The lowest BCUT2D eigenvalue weighted by molar-refractivity contribution is 0.594. The molecule has 66 valence electrons. The Morgan fingerprint density at radius 1 is 1.67 bits per heavy atom. The average Bonchev–Trinajstić information content (AvgIpc) is 2.53. The standard InChI is InChI=1S/C6H9N3O2S/c7-3-5-4-9-1-2-12(10,11)6(9)8-5/h4H,1-3,7H2. The Labute approximate surface area is 70.1 Å². The van der Waals surface area contributed by atoms with Crippen LogP contribution in [0.15, 0.2) is 11.4 Å². The fourth-order valence-corrected chi connectivity index (χ4v) is 2.64.